The Bertz CT molecular complexity index is 771. The fourth-order valence-electron chi connectivity index (χ4n) is 7.19. The second-order valence-electron chi connectivity index (χ2n) is 9.25. The van der Waals surface area contributed by atoms with Crippen LogP contribution < -0.4 is 4.74 Å². The highest BCUT2D eigenvalue weighted by atomic mass is 16.6. The van der Waals surface area contributed by atoms with Gasteiger partial charge in [-0.2, -0.15) is 0 Å². The summed E-state index contributed by atoms with van der Waals surface area (Å²) in [7, 11) is 0. The normalized spacial score (nSPS) is 47.0. The van der Waals surface area contributed by atoms with E-state index in [4.69, 9.17) is 9.47 Å². The molecule has 3 nitrogen and oxygen atoms in total. The Kier molecular flexibility index (Phi) is 2.12. The van der Waals surface area contributed by atoms with Crippen molar-refractivity contribution in [1.82, 2.24) is 4.90 Å². The predicted octanol–water partition coefficient (Wildman–Crippen LogP) is 2.97. The van der Waals surface area contributed by atoms with Gasteiger partial charge >= 0.3 is 0 Å². The molecule has 5 atom stereocenters. The fourth-order valence-corrected chi connectivity index (χ4v) is 7.19. The molecule has 4 bridgehead atoms. The van der Waals surface area contributed by atoms with Gasteiger partial charge in [-0.3, -0.25) is 4.90 Å². The summed E-state index contributed by atoms with van der Waals surface area (Å²) < 4.78 is 13.5. The maximum atomic E-state index is 6.84. The summed E-state index contributed by atoms with van der Waals surface area (Å²) >= 11 is 0. The van der Waals surface area contributed by atoms with Crippen LogP contribution in [0.3, 0.4) is 0 Å². The van der Waals surface area contributed by atoms with Gasteiger partial charge in [0.15, 0.2) is 0 Å². The van der Waals surface area contributed by atoms with Crippen LogP contribution in [0, 0.1) is 12.8 Å². The van der Waals surface area contributed by atoms with E-state index in [2.05, 4.69) is 24.0 Å². The Morgan fingerprint density at radius 3 is 3.00 bits per heavy atom. The summed E-state index contributed by atoms with van der Waals surface area (Å²) in [5, 5.41) is 0. The molecule has 6 aliphatic rings. The molecule has 4 heterocycles. The Labute approximate surface area is 143 Å². The van der Waals surface area contributed by atoms with Gasteiger partial charge in [0, 0.05) is 18.2 Å². The zero-order valence-corrected chi connectivity index (χ0v) is 14.4. The number of hydrogen-bond acceptors (Lipinski definition) is 3. The van der Waals surface area contributed by atoms with E-state index >= 15 is 0 Å². The molecule has 0 amide bonds. The van der Waals surface area contributed by atoms with Crippen LogP contribution in [0.1, 0.15) is 48.8 Å². The Morgan fingerprint density at radius 1 is 1.21 bits per heavy atom. The van der Waals surface area contributed by atoms with Gasteiger partial charge in [0.1, 0.15) is 11.9 Å². The molecule has 2 spiro atoms. The van der Waals surface area contributed by atoms with E-state index in [0.717, 1.165) is 5.92 Å². The van der Waals surface area contributed by atoms with Crippen molar-refractivity contribution in [3.63, 3.8) is 0 Å². The molecule has 4 aliphatic heterocycles. The van der Waals surface area contributed by atoms with Crippen molar-refractivity contribution in [2.24, 2.45) is 5.92 Å². The average molecular weight is 323 g/mol. The molecule has 0 radical (unpaired) electrons. The lowest BCUT2D eigenvalue weighted by Gasteiger charge is -2.59. The second kappa shape index (κ2) is 3.86. The van der Waals surface area contributed by atoms with E-state index in [-0.39, 0.29) is 17.1 Å². The summed E-state index contributed by atoms with van der Waals surface area (Å²) in [6.45, 7) is 4.76. The topological polar surface area (TPSA) is 21.7 Å². The first-order chi connectivity index (χ1) is 11.7. The molecule has 7 rings (SSSR count). The number of fused-ring (bicyclic) bond motifs is 2. The molecule has 0 N–H and O–H groups in total. The number of ether oxygens (including phenoxy) is 2. The van der Waals surface area contributed by atoms with Crippen LogP contribution in [0.2, 0.25) is 0 Å². The van der Waals surface area contributed by atoms with Crippen LogP contribution in [0.25, 0.3) is 0 Å². The van der Waals surface area contributed by atoms with Gasteiger partial charge in [0.2, 0.25) is 0 Å². The van der Waals surface area contributed by atoms with Crippen LogP contribution in [0.4, 0.5) is 0 Å². The van der Waals surface area contributed by atoms with Gasteiger partial charge < -0.3 is 9.47 Å². The standard InChI is InChI=1S/C21H25NO2/c1-12-2-5-14-10-16-21-7-6-15(24-21)19-20(21,17(14)18(12)23-19)8-9-22(16)11-13-3-4-13/h2,5,13,15-16,19H,3-4,6-11H2,1H3/t15-,16-,19+,20+,21?/m0/s1. The quantitative estimate of drug-likeness (QED) is 0.835. The second-order valence-corrected chi connectivity index (χ2v) is 9.25. The number of piperidine rings is 1. The van der Waals surface area contributed by atoms with Gasteiger partial charge in [-0.25, -0.2) is 0 Å². The zero-order valence-electron chi connectivity index (χ0n) is 14.4. The largest absolute Gasteiger partial charge is 0.486 e. The summed E-state index contributed by atoms with van der Waals surface area (Å²) in [6, 6.07) is 5.26. The fraction of sp³-hybridized carbons (Fsp3) is 0.714. The monoisotopic (exact) mass is 323 g/mol. The lowest BCUT2D eigenvalue weighted by Crippen LogP contribution is -2.71. The minimum atomic E-state index is 0.0432. The van der Waals surface area contributed by atoms with Crippen LogP contribution in [-0.2, 0) is 16.6 Å². The summed E-state index contributed by atoms with van der Waals surface area (Å²) in [6.07, 6.45) is 8.34. The van der Waals surface area contributed by atoms with Crippen LogP contribution in [0.5, 0.6) is 5.75 Å². The molecule has 3 saturated heterocycles. The Morgan fingerprint density at radius 2 is 2.12 bits per heavy atom. The molecule has 3 heteroatoms. The van der Waals surface area contributed by atoms with Gasteiger partial charge in [0.05, 0.1) is 17.1 Å². The molecular weight excluding hydrogens is 298 g/mol. The third kappa shape index (κ3) is 1.21. The lowest BCUT2D eigenvalue weighted by molar-refractivity contribution is -0.122. The molecule has 1 saturated carbocycles. The number of aryl methyl sites for hydroxylation is 1. The third-order valence-corrected chi connectivity index (χ3v) is 8.25. The zero-order chi connectivity index (χ0) is 15.7. The Hall–Kier alpha value is -1.06. The smallest absolute Gasteiger partial charge is 0.137 e. The summed E-state index contributed by atoms with van der Waals surface area (Å²) in [4.78, 5) is 2.81. The number of hydrogen-bond donors (Lipinski definition) is 0. The molecule has 2 aliphatic carbocycles. The van der Waals surface area contributed by atoms with Gasteiger partial charge in [-0.15, -0.1) is 0 Å². The van der Waals surface area contributed by atoms with Crippen molar-refractivity contribution in [2.45, 2.75) is 74.7 Å². The van der Waals surface area contributed by atoms with Crippen molar-refractivity contribution in [3.05, 3.63) is 28.8 Å². The van der Waals surface area contributed by atoms with E-state index in [1.54, 1.807) is 11.1 Å². The molecular formula is C21H25NO2. The first-order valence-electron chi connectivity index (χ1n) is 9.94. The maximum absolute atomic E-state index is 6.84. The lowest BCUT2D eigenvalue weighted by atomic mass is 9.51. The van der Waals surface area contributed by atoms with E-state index in [0.29, 0.717) is 12.1 Å². The SMILES string of the molecule is Cc1ccc2c3c1O[C@@H]1[C@@H]4CCC5(O4)[C@H](C2)N(CC2CC2)CC[C@@]315. The summed E-state index contributed by atoms with van der Waals surface area (Å²) in [5.41, 5.74) is 4.66. The molecule has 1 unspecified atom stereocenters. The Balaban J connectivity index is 1.48. The van der Waals surface area contributed by atoms with Crippen molar-refractivity contribution >= 4 is 0 Å². The first-order valence-corrected chi connectivity index (χ1v) is 9.94. The minimum absolute atomic E-state index is 0.0432. The molecule has 1 aromatic rings. The van der Waals surface area contributed by atoms with Crippen molar-refractivity contribution in [3.8, 4) is 5.75 Å². The number of benzene rings is 1. The predicted molar refractivity (Wildman–Crippen MR) is 90.5 cm³/mol. The van der Waals surface area contributed by atoms with Crippen LogP contribution in [-0.4, -0.2) is 41.8 Å². The van der Waals surface area contributed by atoms with Crippen molar-refractivity contribution in [2.75, 3.05) is 13.1 Å². The molecule has 4 fully saturated rings. The average Bonchev–Trinajstić information content (AvgIpc) is 3.06. The van der Waals surface area contributed by atoms with Crippen LogP contribution >= 0.6 is 0 Å². The van der Waals surface area contributed by atoms with Crippen molar-refractivity contribution in [1.29, 1.82) is 0 Å². The maximum Gasteiger partial charge on any atom is 0.137 e. The summed E-state index contributed by atoms with van der Waals surface area (Å²) in [5.74, 6) is 2.19. The number of likely N-dealkylation sites (tertiary alicyclic amines) is 1. The van der Waals surface area contributed by atoms with E-state index in [1.807, 2.05) is 0 Å². The van der Waals surface area contributed by atoms with E-state index < -0.39 is 0 Å². The third-order valence-electron chi connectivity index (χ3n) is 8.25. The van der Waals surface area contributed by atoms with Gasteiger partial charge in [-0.05, 0) is 69.0 Å². The van der Waals surface area contributed by atoms with Crippen LogP contribution in [0.15, 0.2) is 12.1 Å². The van der Waals surface area contributed by atoms with Gasteiger partial charge in [0.25, 0.3) is 0 Å². The molecule has 24 heavy (non-hydrogen) atoms. The number of rotatable bonds is 2. The first kappa shape index (κ1) is 13.2. The van der Waals surface area contributed by atoms with Crippen molar-refractivity contribution < 1.29 is 9.47 Å². The molecule has 1 aromatic carbocycles. The van der Waals surface area contributed by atoms with Gasteiger partial charge in [-0.1, -0.05) is 12.1 Å². The van der Waals surface area contributed by atoms with E-state index in [1.165, 1.54) is 62.9 Å². The highest BCUT2D eigenvalue weighted by molar-refractivity contribution is 5.61. The minimum Gasteiger partial charge on any atom is -0.486 e. The highest BCUT2D eigenvalue weighted by Gasteiger charge is 2.79. The highest BCUT2D eigenvalue weighted by Crippen LogP contribution is 2.70. The molecule has 0 aromatic heterocycles. The van der Waals surface area contributed by atoms with E-state index in [9.17, 15) is 0 Å². The number of nitrogens with zero attached hydrogens (tertiary/aromatic N) is 1. The molecule has 126 valence electrons.